The molecule has 0 spiro atoms. The SMILES string of the molecule is O=S(=O)(NC1CCCCC1O)c1cccc(O)c1. The largest absolute Gasteiger partial charge is 0.508 e. The summed E-state index contributed by atoms with van der Waals surface area (Å²) in [7, 11) is -3.69. The molecule has 18 heavy (non-hydrogen) atoms. The van der Waals surface area contributed by atoms with E-state index in [0.717, 1.165) is 12.8 Å². The Labute approximate surface area is 107 Å². The van der Waals surface area contributed by atoms with Crippen LogP contribution in [0.15, 0.2) is 29.2 Å². The molecule has 0 amide bonds. The summed E-state index contributed by atoms with van der Waals surface area (Å²) in [5.74, 6) is -0.0953. The maximum atomic E-state index is 12.1. The molecule has 0 aliphatic heterocycles. The van der Waals surface area contributed by atoms with E-state index in [1.807, 2.05) is 0 Å². The van der Waals surface area contributed by atoms with Crippen molar-refractivity contribution < 1.29 is 18.6 Å². The molecule has 1 aromatic carbocycles. The van der Waals surface area contributed by atoms with Gasteiger partial charge in [0.2, 0.25) is 10.0 Å². The maximum absolute atomic E-state index is 12.1. The maximum Gasteiger partial charge on any atom is 0.241 e. The van der Waals surface area contributed by atoms with Gasteiger partial charge in [0.25, 0.3) is 0 Å². The van der Waals surface area contributed by atoms with Crippen molar-refractivity contribution in [2.75, 3.05) is 0 Å². The minimum absolute atomic E-state index is 0.0141. The Bertz CT molecular complexity index is 515. The first-order chi connectivity index (χ1) is 8.49. The molecule has 2 rings (SSSR count). The van der Waals surface area contributed by atoms with Crippen LogP contribution in [0, 0.1) is 0 Å². The van der Waals surface area contributed by atoms with E-state index in [1.165, 1.54) is 24.3 Å². The lowest BCUT2D eigenvalue weighted by Crippen LogP contribution is -2.44. The third kappa shape index (κ3) is 3.01. The first-order valence-corrected chi connectivity index (χ1v) is 7.47. The Morgan fingerprint density at radius 2 is 1.94 bits per heavy atom. The van der Waals surface area contributed by atoms with E-state index < -0.39 is 22.2 Å². The molecule has 2 atom stereocenters. The third-order valence-corrected chi connectivity index (χ3v) is 4.65. The zero-order chi connectivity index (χ0) is 13.2. The Hall–Kier alpha value is -1.11. The van der Waals surface area contributed by atoms with Crippen LogP contribution in [0.25, 0.3) is 0 Å². The van der Waals surface area contributed by atoms with Crippen molar-refractivity contribution in [1.82, 2.24) is 4.72 Å². The first-order valence-electron chi connectivity index (χ1n) is 5.98. The number of aromatic hydroxyl groups is 1. The molecule has 5 nitrogen and oxygen atoms in total. The Morgan fingerprint density at radius 3 is 2.61 bits per heavy atom. The van der Waals surface area contributed by atoms with Crippen molar-refractivity contribution in [3.8, 4) is 5.75 Å². The average Bonchev–Trinajstić information content (AvgIpc) is 2.32. The van der Waals surface area contributed by atoms with Crippen LogP contribution in [-0.2, 0) is 10.0 Å². The van der Waals surface area contributed by atoms with Crippen molar-refractivity contribution in [1.29, 1.82) is 0 Å². The second-order valence-corrected chi connectivity index (χ2v) is 6.29. The summed E-state index contributed by atoms with van der Waals surface area (Å²) in [4.78, 5) is 0.0141. The molecule has 0 aromatic heterocycles. The van der Waals surface area contributed by atoms with Gasteiger partial charge >= 0.3 is 0 Å². The molecule has 0 bridgehead atoms. The fourth-order valence-corrected chi connectivity index (χ4v) is 3.51. The summed E-state index contributed by atoms with van der Waals surface area (Å²) in [5, 5.41) is 19.1. The fraction of sp³-hybridized carbons (Fsp3) is 0.500. The van der Waals surface area contributed by atoms with Crippen LogP contribution in [0.5, 0.6) is 5.75 Å². The number of phenols is 1. The van der Waals surface area contributed by atoms with E-state index in [4.69, 9.17) is 0 Å². The normalized spacial score (nSPS) is 24.9. The highest BCUT2D eigenvalue weighted by Crippen LogP contribution is 2.21. The Morgan fingerprint density at radius 1 is 1.22 bits per heavy atom. The summed E-state index contributed by atoms with van der Waals surface area (Å²) in [5.41, 5.74) is 0. The van der Waals surface area contributed by atoms with Crippen LogP contribution in [0.1, 0.15) is 25.7 Å². The second-order valence-electron chi connectivity index (χ2n) is 4.58. The minimum Gasteiger partial charge on any atom is -0.508 e. The topological polar surface area (TPSA) is 86.6 Å². The molecular formula is C12H17NO4S. The minimum atomic E-state index is -3.69. The van der Waals surface area contributed by atoms with Gasteiger partial charge in [0.1, 0.15) is 5.75 Å². The van der Waals surface area contributed by atoms with Crippen molar-refractivity contribution in [2.45, 2.75) is 42.7 Å². The summed E-state index contributed by atoms with van der Waals surface area (Å²) < 4.78 is 26.6. The lowest BCUT2D eigenvalue weighted by atomic mass is 9.93. The molecule has 1 aromatic rings. The van der Waals surface area contributed by atoms with Gasteiger partial charge in [-0.2, -0.15) is 0 Å². The molecule has 1 aliphatic carbocycles. The van der Waals surface area contributed by atoms with Crippen LogP contribution in [0.4, 0.5) is 0 Å². The smallest absolute Gasteiger partial charge is 0.241 e. The van der Waals surface area contributed by atoms with Crippen molar-refractivity contribution in [3.05, 3.63) is 24.3 Å². The van der Waals surface area contributed by atoms with Crippen molar-refractivity contribution >= 4 is 10.0 Å². The number of rotatable bonds is 3. The highest BCUT2D eigenvalue weighted by Gasteiger charge is 2.28. The molecule has 0 heterocycles. The molecule has 1 fully saturated rings. The van der Waals surface area contributed by atoms with Gasteiger partial charge in [-0.05, 0) is 31.0 Å². The van der Waals surface area contributed by atoms with Gasteiger partial charge in [-0.25, -0.2) is 13.1 Å². The number of benzene rings is 1. The number of aliphatic hydroxyl groups excluding tert-OH is 1. The van der Waals surface area contributed by atoms with Gasteiger partial charge in [-0.1, -0.05) is 18.9 Å². The van der Waals surface area contributed by atoms with Crippen molar-refractivity contribution in [3.63, 3.8) is 0 Å². The van der Waals surface area contributed by atoms with E-state index in [0.29, 0.717) is 12.8 Å². The van der Waals surface area contributed by atoms with E-state index in [-0.39, 0.29) is 10.6 Å². The quantitative estimate of drug-likeness (QED) is 0.764. The zero-order valence-corrected chi connectivity index (χ0v) is 10.7. The summed E-state index contributed by atoms with van der Waals surface area (Å²) in [6, 6.07) is 5.05. The lowest BCUT2D eigenvalue weighted by molar-refractivity contribution is 0.101. The molecule has 1 aliphatic rings. The van der Waals surface area contributed by atoms with Crippen LogP contribution in [0.3, 0.4) is 0 Å². The molecule has 6 heteroatoms. The summed E-state index contributed by atoms with van der Waals surface area (Å²) in [6.45, 7) is 0. The van der Waals surface area contributed by atoms with Crippen LogP contribution >= 0.6 is 0 Å². The van der Waals surface area contributed by atoms with Gasteiger partial charge in [-0.3, -0.25) is 0 Å². The Balaban J connectivity index is 2.16. The molecule has 100 valence electrons. The molecule has 2 unspecified atom stereocenters. The molecule has 3 N–H and O–H groups in total. The fourth-order valence-electron chi connectivity index (χ4n) is 2.17. The average molecular weight is 271 g/mol. The third-order valence-electron chi connectivity index (χ3n) is 3.16. The van der Waals surface area contributed by atoms with Crippen LogP contribution < -0.4 is 4.72 Å². The van der Waals surface area contributed by atoms with E-state index >= 15 is 0 Å². The predicted octanol–water partition coefficient (Wildman–Crippen LogP) is 0.974. The number of nitrogens with one attached hydrogen (secondary N) is 1. The first kappa shape index (κ1) is 13.3. The lowest BCUT2D eigenvalue weighted by Gasteiger charge is -2.28. The van der Waals surface area contributed by atoms with Gasteiger partial charge < -0.3 is 10.2 Å². The van der Waals surface area contributed by atoms with Gasteiger partial charge in [0.05, 0.1) is 11.0 Å². The van der Waals surface area contributed by atoms with Crippen molar-refractivity contribution in [2.24, 2.45) is 0 Å². The number of phenolic OH excluding ortho intramolecular Hbond substituents is 1. The van der Waals surface area contributed by atoms with E-state index in [2.05, 4.69) is 4.72 Å². The second kappa shape index (κ2) is 5.26. The standard InChI is InChI=1S/C12H17NO4S/c14-9-4-3-5-10(8-9)18(16,17)13-11-6-1-2-7-12(11)15/h3-5,8,11-15H,1-2,6-7H2. The Kier molecular flexibility index (Phi) is 3.89. The number of sulfonamides is 1. The highest BCUT2D eigenvalue weighted by atomic mass is 32.2. The van der Waals surface area contributed by atoms with Gasteiger partial charge in [-0.15, -0.1) is 0 Å². The van der Waals surface area contributed by atoms with Crippen LogP contribution in [-0.4, -0.2) is 30.8 Å². The zero-order valence-electron chi connectivity index (χ0n) is 9.91. The highest BCUT2D eigenvalue weighted by molar-refractivity contribution is 7.89. The van der Waals surface area contributed by atoms with E-state index in [9.17, 15) is 18.6 Å². The summed E-state index contributed by atoms with van der Waals surface area (Å²) in [6.07, 6.45) is 2.45. The van der Waals surface area contributed by atoms with Gasteiger partial charge in [0.15, 0.2) is 0 Å². The number of aliphatic hydroxyl groups is 1. The predicted molar refractivity (Wildman–Crippen MR) is 66.7 cm³/mol. The molecule has 1 saturated carbocycles. The van der Waals surface area contributed by atoms with E-state index in [1.54, 1.807) is 0 Å². The number of hydrogen-bond donors (Lipinski definition) is 3. The van der Waals surface area contributed by atoms with Gasteiger partial charge in [0, 0.05) is 6.04 Å². The monoisotopic (exact) mass is 271 g/mol. The molecule has 0 radical (unpaired) electrons. The molecular weight excluding hydrogens is 254 g/mol. The summed E-state index contributed by atoms with van der Waals surface area (Å²) >= 11 is 0. The number of hydrogen-bond acceptors (Lipinski definition) is 4. The molecule has 0 saturated heterocycles. The van der Waals surface area contributed by atoms with Crippen LogP contribution in [0.2, 0.25) is 0 Å².